The maximum absolute atomic E-state index is 14.0. The number of nitro groups is 1. The number of hydrogen-bond acceptors (Lipinski definition) is 6. The molecular weight excluding hydrogens is 471 g/mol. The van der Waals surface area contributed by atoms with Crippen LogP contribution < -0.4 is 9.46 Å². The highest BCUT2D eigenvalue weighted by molar-refractivity contribution is 8.12. The fourth-order valence-electron chi connectivity index (χ4n) is 2.02. The first kappa shape index (κ1) is 22.6. The average Bonchev–Trinajstić information content (AvgIpc) is 2.55. The highest BCUT2D eigenvalue weighted by atomic mass is 35.7. The van der Waals surface area contributed by atoms with Crippen LogP contribution in [0.5, 0.6) is 11.5 Å². The van der Waals surface area contributed by atoms with Crippen molar-refractivity contribution in [2.24, 2.45) is 0 Å². The zero-order valence-corrected chi connectivity index (χ0v) is 15.8. The first-order chi connectivity index (χ1) is 13.2. The van der Waals surface area contributed by atoms with E-state index in [0.717, 1.165) is 12.1 Å². The van der Waals surface area contributed by atoms with E-state index in [1.165, 1.54) is 4.72 Å². The van der Waals surface area contributed by atoms with Gasteiger partial charge in [0.05, 0.1) is 15.5 Å². The van der Waals surface area contributed by atoms with Gasteiger partial charge in [0.1, 0.15) is 11.3 Å². The largest absolute Gasteiger partial charge is 0.453 e. The van der Waals surface area contributed by atoms with E-state index in [9.17, 15) is 40.9 Å². The average molecular weight is 477 g/mol. The highest BCUT2D eigenvalue weighted by Crippen LogP contribution is 2.39. The zero-order chi connectivity index (χ0) is 22.1. The van der Waals surface area contributed by atoms with Gasteiger partial charge in [0.2, 0.25) is 0 Å². The molecule has 0 saturated heterocycles. The van der Waals surface area contributed by atoms with Gasteiger partial charge in [-0.3, -0.25) is 14.9 Å². The molecule has 0 saturated carbocycles. The fraction of sp³-hybridized carbons (Fsp3) is 0.0714. The molecule has 0 fully saturated rings. The van der Waals surface area contributed by atoms with Crippen LogP contribution in [0.1, 0.15) is 15.9 Å². The van der Waals surface area contributed by atoms with Crippen LogP contribution in [0.2, 0.25) is 5.02 Å². The Bertz CT molecular complexity index is 1080. The van der Waals surface area contributed by atoms with Crippen LogP contribution in [0.4, 0.5) is 23.2 Å². The summed E-state index contributed by atoms with van der Waals surface area (Å²) in [5.74, 6) is -4.33. The molecule has 2 aromatic carbocycles. The normalized spacial score (nSPS) is 11.8. The van der Waals surface area contributed by atoms with Crippen molar-refractivity contribution in [3.05, 3.63) is 62.4 Å². The summed E-state index contributed by atoms with van der Waals surface area (Å²) in [4.78, 5) is 21.9. The Balaban J connectivity index is 2.48. The highest BCUT2D eigenvalue weighted by Gasteiger charge is 2.33. The molecule has 1 amide bonds. The number of carbonyl (C=O) groups excluding carboxylic acids is 1. The van der Waals surface area contributed by atoms with Crippen molar-refractivity contribution in [1.82, 2.24) is 4.72 Å². The molecule has 0 radical (unpaired) electrons. The summed E-state index contributed by atoms with van der Waals surface area (Å²) in [7, 11) is 0.257. The van der Waals surface area contributed by atoms with E-state index in [0.29, 0.717) is 12.1 Å². The van der Waals surface area contributed by atoms with Crippen LogP contribution in [-0.4, -0.2) is 19.2 Å². The molecule has 156 valence electrons. The van der Waals surface area contributed by atoms with E-state index in [2.05, 4.69) is 0 Å². The number of nitrogens with zero attached hydrogens (tertiary/aromatic N) is 1. The van der Waals surface area contributed by atoms with Gasteiger partial charge in [0.15, 0.2) is 11.6 Å². The van der Waals surface area contributed by atoms with Gasteiger partial charge in [-0.1, -0.05) is 11.6 Å². The number of alkyl halides is 3. The third kappa shape index (κ3) is 5.68. The van der Waals surface area contributed by atoms with E-state index in [1.807, 2.05) is 0 Å². The number of benzene rings is 2. The second kappa shape index (κ2) is 8.00. The van der Waals surface area contributed by atoms with Gasteiger partial charge < -0.3 is 4.74 Å². The van der Waals surface area contributed by atoms with Crippen LogP contribution >= 0.6 is 22.3 Å². The van der Waals surface area contributed by atoms with Crippen LogP contribution in [-0.2, 0) is 15.4 Å². The monoisotopic (exact) mass is 476 g/mol. The van der Waals surface area contributed by atoms with Crippen molar-refractivity contribution in [3.8, 4) is 11.5 Å². The number of ether oxygens (including phenoxy) is 1. The Hall–Kier alpha value is -2.64. The van der Waals surface area contributed by atoms with Gasteiger partial charge in [0.25, 0.3) is 11.6 Å². The van der Waals surface area contributed by atoms with E-state index in [4.69, 9.17) is 27.0 Å². The lowest BCUT2D eigenvalue weighted by molar-refractivity contribution is -0.385. The lowest BCUT2D eigenvalue weighted by atomic mass is 10.1. The van der Waals surface area contributed by atoms with E-state index in [1.54, 1.807) is 0 Å². The van der Waals surface area contributed by atoms with Gasteiger partial charge in [-0.25, -0.2) is 9.11 Å². The summed E-state index contributed by atoms with van der Waals surface area (Å²) in [6, 6.07) is 2.76. The molecule has 0 aliphatic rings. The molecule has 0 aliphatic heterocycles. The molecule has 8 nitrogen and oxygen atoms in total. The Morgan fingerprint density at radius 2 is 1.83 bits per heavy atom. The smallest absolute Gasteiger partial charge is 0.416 e. The molecule has 15 heteroatoms. The predicted molar refractivity (Wildman–Crippen MR) is 91.8 cm³/mol. The minimum absolute atomic E-state index is 0.111. The van der Waals surface area contributed by atoms with Crippen molar-refractivity contribution in [2.45, 2.75) is 6.18 Å². The van der Waals surface area contributed by atoms with E-state index < -0.39 is 65.4 Å². The fourth-order valence-corrected chi connectivity index (χ4v) is 2.81. The van der Waals surface area contributed by atoms with Gasteiger partial charge in [-0.2, -0.15) is 21.6 Å². The molecule has 2 aromatic rings. The van der Waals surface area contributed by atoms with Crippen molar-refractivity contribution >= 4 is 43.1 Å². The second-order valence-corrected chi connectivity index (χ2v) is 7.88. The van der Waals surface area contributed by atoms with Crippen LogP contribution in [0.3, 0.4) is 0 Å². The minimum Gasteiger partial charge on any atom is -0.453 e. The number of hydrogen-bond donors (Lipinski definition) is 1. The van der Waals surface area contributed by atoms with Crippen LogP contribution in [0.15, 0.2) is 30.3 Å². The molecule has 1 N–H and O–H groups in total. The molecule has 0 aliphatic carbocycles. The SMILES string of the molecule is O=C(NS(=O)(=O)Cl)c1cc(Oc2c(F)cc(C(F)(F)F)cc2Cl)ccc1[N+](=O)[O-]. The van der Waals surface area contributed by atoms with Crippen molar-refractivity contribution in [1.29, 1.82) is 0 Å². The Labute approximate surface area is 168 Å². The molecule has 2 rings (SSSR count). The Kier molecular flexibility index (Phi) is 6.25. The molecule has 0 bridgehead atoms. The summed E-state index contributed by atoms with van der Waals surface area (Å²) < 4.78 is 80.2. The van der Waals surface area contributed by atoms with E-state index >= 15 is 0 Å². The van der Waals surface area contributed by atoms with Crippen LogP contribution in [0.25, 0.3) is 0 Å². The molecule has 29 heavy (non-hydrogen) atoms. The van der Waals surface area contributed by atoms with Crippen LogP contribution in [0, 0.1) is 15.9 Å². The molecule has 0 heterocycles. The molecule has 0 spiro atoms. The van der Waals surface area contributed by atoms with Gasteiger partial charge in [-0.05, 0) is 18.2 Å². The lowest BCUT2D eigenvalue weighted by Crippen LogP contribution is -2.27. The Morgan fingerprint density at radius 1 is 1.21 bits per heavy atom. The predicted octanol–water partition coefficient (Wildman–Crippen LogP) is 4.41. The summed E-state index contributed by atoms with van der Waals surface area (Å²) in [5, 5.41) is 10.2. The van der Waals surface area contributed by atoms with Crippen molar-refractivity contribution in [3.63, 3.8) is 0 Å². The topological polar surface area (TPSA) is 116 Å². The maximum Gasteiger partial charge on any atom is 0.416 e. The first-order valence-electron chi connectivity index (χ1n) is 6.98. The summed E-state index contributed by atoms with van der Waals surface area (Å²) >= 11 is 5.61. The van der Waals surface area contributed by atoms with Crippen molar-refractivity contribution in [2.75, 3.05) is 0 Å². The summed E-state index contributed by atoms with van der Waals surface area (Å²) in [6.45, 7) is 0. The minimum atomic E-state index is -4.88. The van der Waals surface area contributed by atoms with Crippen molar-refractivity contribution < 1.29 is 40.4 Å². The van der Waals surface area contributed by atoms with Gasteiger partial charge in [0, 0.05) is 22.8 Å². The van der Waals surface area contributed by atoms with Gasteiger partial charge in [-0.15, -0.1) is 0 Å². The Morgan fingerprint density at radius 3 is 2.31 bits per heavy atom. The molecular formula is C14H6Cl2F4N2O6S. The number of nitrogens with one attached hydrogen (secondary N) is 1. The molecule has 0 aromatic heterocycles. The quantitative estimate of drug-likeness (QED) is 0.295. The summed E-state index contributed by atoms with van der Waals surface area (Å²) in [6.07, 6.45) is -4.88. The number of nitro benzene ring substituents is 1. The second-order valence-electron chi connectivity index (χ2n) is 5.17. The number of amides is 1. The zero-order valence-electron chi connectivity index (χ0n) is 13.5. The van der Waals surface area contributed by atoms with E-state index in [-0.39, 0.29) is 6.07 Å². The number of halogens is 6. The first-order valence-corrected chi connectivity index (χ1v) is 9.67. The molecule has 0 atom stereocenters. The number of carbonyl (C=O) groups is 1. The molecule has 0 unspecified atom stereocenters. The number of rotatable bonds is 5. The third-order valence-corrected chi connectivity index (χ3v) is 4.11. The standard InChI is InChI=1S/C14H6Cl2F4N2O6S/c15-9-3-6(14(18,19)20)4-10(17)12(9)28-7-1-2-11(22(24)25)8(5-7)13(23)21-29(16,26)27/h1-5H,(H,21,23). The third-order valence-electron chi connectivity index (χ3n) is 3.17. The maximum atomic E-state index is 14.0. The lowest BCUT2D eigenvalue weighted by Gasteiger charge is -2.13. The van der Waals surface area contributed by atoms with Gasteiger partial charge >= 0.3 is 15.4 Å². The summed E-state index contributed by atoms with van der Waals surface area (Å²) in [5.41, 5.74) is -3.07.